The predicted molar refractivity (Wildman–Crippen MR) is 85.6 cm³/mol. The van der Waals surface area contributed by atoms with Gasteiger partial charge in [-0.15, -0.1) is 0 Å². The molecule has 1 saturated heterocycles. The molecule has 7 heteroatoms. The van der Waals surface area contributed by atoms with E-state index in [2.05, 4.69) is 9.64 Å². The Kier molecular flexibility index (Phi) is 6.93. The van der Waals surface area contributed by atoms with Gasteiger partial charge in [0, 0.05) is 19.5 Å². The van der Waals surface area contributed by atoms with Crippen molar-refractivity contribution in [1.82, 2.24) is 4.90 Å². The van der Waals surface area contributed by atoms with E-state index in [1.807, 2.05) is 0 Å². The summed E-state index contributed by atoms with van der Waals surface area (Å²) in [7, 11) is 0. The second-order valence-electron chi connectivity index (χ2n) is 6.24. The Morgan fingerprint density at radius 2 is 2.08 bits per heavy atom. The smallest absolute Gasteiger partial charge is 0.387 e. The first-order valence-corrected chi connectivity index (χ1v) is 8.17. The van der Waals surface area contributed by atoms with Crippen LogP contribution < -0.4 is 10.5 Å². The van der Waals surface area contributed by atoms with Crippen molar-refractivity contribution >= 4 is 5.91 Å². The number of primary amides is 1. The third-order valence-electron chi connectivity index (χ3n) is 4.32. The molecule has 5 nitrogen and oxygen atoms in total. The third kappa shape index (κ3) is 6.05. The van der Waals surface area contributed by atoms with Gasteiger partial charge in [0.15, 0.2) is 0 Å². The minimum atomic E-state index is -2.86. The highest BCUT2D eigenvalue weighted by molar-refractivity contribution is 5.73. The molecule has 0 aliphatic carbocycles. The third-order valence-corrected chi connectivity index (χ3v) is 4.32. The molecule has 24 heavy (non-hydrogen) atoms. The van der Waals surface area contributed by atoms with Crippen LogP contribution >= 0.6 is 0 Å². The second-order valence-corrected chi connectivity index (χ2v) is 6.24. The zero-order chi connectivity index (χ0) is 17.5. The van der Waals surface area contributed by atoms with Gasteiger partial charge in [-0.1, -0.05) is 12.1 Å². The van der Waals surface area contributed by atoms with E-state index in [-0.39, 0.29) is 11.7 Å². The van der Waals surface area contributed by atoms with Crippen molar-refractivity contribution in [2.24, 2.45) is 11.7 Å². The number of rotatable bonds is 8. The van der Waals surface area contributed by atoms with Crippen LogP contribution in [0.3, 0.4) is 0 Å². The second kappa shape index (κ2) is 8.94. The minimum Gasteiger partial charge on any atom is -0.435 e. The van der Waals surface area contributed by atoms with Gasteiger partial charge in [0.2, 0.25) is 5.91 Å². The summed E-state index contributed by atoms with van der Waals surface area (Å²) < 4.78 is 28.6. The molecule has 1 amide bonds. The maximum Gasteiger partial charge on any atom is 0.387 e. The molecule has 0 bridgehead atoms. The zero-order valence-corrected chi connectivity index (χ0v) is 13.5. The van der Waals surface area contributed by atoms with Crippen LogP contribution in [-0.4, -0.2) is 42.2 Å². The minimum absolute atomic E-state index is 0.0745. The monoisotopic (exact) mass is 342 g/mol. The lowest BCUT2D eigenvalue weighted by Crippen LogP contribution is -2.38. The van der Waals surface area contributed by atoms with E-state index in [1.54, 1.807) is 12.1 Å². The van der Waals surface area contributed by atoms with Gasteiger partial charge in [-0.25, -0.2) is 0 Å². The molecule has 0 saturated carbocycles. The first-order valence-electron chi connectivity index (χ1n) is 8.17. The van der Waals surface area contributed by atoms with Crippen LogP contribution in [0.4, 0.5) is 8.78 Å². The Hall–Kier alpha value is -1.73. The van der Waals surface area contributed by atoms with Crippen LogP contribution in [0.15, 0.2) is 24.3 Å². The lowest BCUT2D eigenvalue weighted by atomic mass is 9.93. The van der Waals surface area contributed by atoms with Gasteiger partial charge in [0.25, 0.3) is 0 Å². The number of ether oxygens (including phenoxy) is 1. The first kappa shape index (κ1) is 18.6. The topological polar surface area (TPSA) is 75.8 Å². The van der Waals surface area contributed by atoms with Gasteiger partial charge < -0.3 is 20.5 Å². The largest absolute Gasteiger partial charge is 0.435 e. The number of hydrogen-bond acceptors (Lipinski definition) is 4. The number of benzene rings is 1. The highest BCUT2D eigenvalue weighted by atomic mass is 19.3. The van der Waals surface area contributed by atoms with Gasteiger partial charge in [-0.2, -0.15) is 8.78 Å². The molecule has 2 rings (SSSR count). The molecule has 0 aromatic heterocycles. The number of aliphatic hydroxyl groups is 1. The van der Waals surface area contributed by atoms with E-state index in [9.17, 15) is 18.7 Å². The Morgan fingerprint density at radius 1 is 1.38 bits per heavy atom. The van der Waals surface area contributed by atoms with Crippen LogP contribution in [0.25, 0.3) is 0 Å². The summed E-state index contributed by atoms with van der Waals surface area (Å²) in [4.78, 5) is 13.1. The fourth-order valence-corrected chi connectivity index (χ4v) is 3.12. The molecule has 1 aliphatic rings. The summed E-state index contributed by atoms with van der Waals surface area (Å²) in [5.74, 6) is 0.212. The molecule has 1 aromatic rings. The quantitative estimate of drug-likeness (QED) is 0.760. The van der Waals surface area contributed by atoms with Crippen molar-refractivity contribution in [3.8, 4) is 5.75 Å². The highest BCUT2D eigenvalue weighted by Crippen LogP contribution is 2.24. The highest BCUT2D eigenvalue weighted by Gasteiger charge is 2.22. The van der Waals surface area contributed by atoms with Crippen molar-refractivity contribution in [1.29, 1.82) is 0 Å². The Morgan fingerprint density at radius 3 is 2.71 bits per heavy atom. The number of likely N-dealkylation sites (tertiary alicyclic amines) is 1. The van der Waals surface area contributed by atoms with Crippen molar-refractivity contribution in [2.75, 3.05) is 19.6 Å². The number of halogens is 2. The average Bonchev–Trinajstić information content (AvgIpc) is 2.53. The summed E-state index contributed by atoms with van der Waals surface area (Å²) in [5, 5.41) is 10.3. The first-order chi connectivity index (χ1) is 11.4. The Bertz CT molecular complexity index is 525. The number of β-amino-alcohol motifs (C(OH)–C–C–N with tert-alkyl or cyclic N) is 1. The van der Waals surface area contributed by atoms with Crippen LogP contribution in [0, 0.1) is 5.92 Å². The van der Waals surface area contributed by atoms with E-state index >= 15 is 0 Å². The number of carbonyl (C=O) groups excluding carboxylic acids is 1. The van der Waals surface area contributed by atoms with Crippen molar-refractivity contribution < 1.29 is 23.4 Å². The predicted octanol–water partition coefficient (Wildman–Crippen LogP) is 2.30. The fraction of sp³-hybridized carbons (Fsp3) is 0.588. The molecule has 1 fully saturated rings. The van der Waals surface area contributed by atoms with Crippen LogP contribution in [0.5, 0.6) is 5.75 Å². The SMILES string of the molecule is NC(=O)CCC1CCCN(CC(O)c2ccc(OC(F)F)cc2)C1. The molecule has 134 valence electrons. The van der Waals surface area contributed by atoms with E-state index in [1.165, 1.54) is 12.1 Å². The molecule has 2 atom stereocenters. The summed E-state index contributed by atoms with van der Waals surface area (Å²) in [6, 6.07) is 6.04. The lowest BCUT2D eigenvalue weighted by molar-refractivity contribution is -0.118. The maximum absolute atomic E-state index is 12.1. The summed E-state index contributed by atoms with van der Waals surface area (Å²) in [5.41, 5.74) is 5.86. The Labute approximate surface area is 140 Å². The number of nitrogens with zero attached hydrogens (tertiary/aromatic N) is 1. The standard InChI is InChI=1S/C17H24F2N2O3/c18-17(19)24-14-6-4-13(5-7-14)15(22)11-21-9-1-2-12(10-21)3-8-16(20)23/h4-7,12,15,17,22H,1-3,8-11H2,(H2,20,23). The molecule has 0 radical (unpaired) electrons. The van der Waals surface area contributed by atoms with Crippen LogP contribution in [-0.2, 0) is 4.79 Å². The van der Waals surface area contributed by atoms with E-state index < -0.39 is 12.7 Å². The van der Waals surface area contributed by atoms with E-state index in [4.69, 9.17) is 5.73 Å². The van der Waals surface area contributed by atoms with Gasteiger partial charge in [0.05, 0.1) is 6.10 Å². The van der Waals surface area contributed by atoms with E-state index in [0.717, 1.165) is 32.4 Å². The molecule has 1 heterocycles. The zero-order valence-electron chi connectivity index (χ0n) is 13.5. The molecule has 3 N–H and O–H groups in total. The van der Waals surface area contributed by atoms with Crippen molar-refractivity contribution in [3.05, 3.63) is 29.8 Å². The molecule has 0 spiro atoms. The number of piperidine rings is 1. The molecule has 1 aliphatic heterocycles. The number of carbonyl (C=O) groups is 1. The van der Waals surface area contributed by atoms with Crippen molar-refractivity contribution in [3.63, 3.8) is 0 Å². The number of amides is 1. The van der Waals surface area contributed by atoms with Gasteiger partial charge >= 0.3 is 6.61 Å². The number of hydrogen-bond donors (Lipinski definition) is 2. The molecular formula is C17H24F2N2O3. The van der Waals surface area contributed by atoms with Crippen molar-refractivity contribution in [2.45, 2.75) is 38.4 Å². The summed E-state index contributed by atoms with van der Waals surface area (Å²) >= 11 is 0. The van der Waals surface area contributed by atoms with Gasteiger partial charge in [0.1, 0.15) is 5.75 Å². The Balaban J connectivity index is 1.84. The van der Waals surface area contributed by atoms with Gasteiger partial charge in [-0.05, 0) is 49.4 Å². The van der Waals surface area contributed by atoms with E-state index in [0.29, 0.717) is 24.4 Å². The number of alkyl halides is 2. The fourth-order valence-electron chi connectivity index (χ4n) is 3.12. The average molecular weight is 342 g/mol. The molecule has 2 unspecified atom stereocenters. The number of nitrogens with two attached hydrogens (primary N) is 1. The van der Waals surface area contributed by atoms with Gasteiger partial charge in [-0.3, -0.25) is 4.79 Å². The molecular weight excluding hydrogens is 318 g/mol. The summed E-state index contributed by atoms with van der Waals surface area (Å²) in [6.07, 6.45) is 2.57. The van der Waals surface area contributed by atoms with Crippen LogP contribution in [0.1, 0.15) is 37.4 Å². The maximum atomic E-state index is 12.1. The lowest BCUT2D eigenvalue weighted by Gasteiger charge is -2.34. The number of aliphatic hydroxyl groups excluding tert-OH is 1. The molecule has 1 aromatic carbocycles. The summed E-state index contributed by atoms with van der Waals surface area (Å²) in [6.45, 7) is -0.651. The normalized spacial score (nSPS) is 20.1. The van der Waals surface area contributed by atoms with Crippen LogP contribution in [0.2, 0.25) is 0 Å².